The van der Waals surface area contributed by atoms with Gasteiger partial charge in [-0.2, -0.15) is 0 Å². The molecule has 0 saturated carbocycles. The first-order valence-electron chi connectivity index (χ1n) is 7.53. The van der Waals surface area contributed by atoms with E-state index < -0.39 is 19.7 Å². The van der Waals surface area contributed by atoms with Crippen molar-refractivity contribution in [1.82, 2.24) is 0 Å². The van der Waals surface area contributed by atoms with Crippen molar-refractivity contribution in [3.63, 3.8) is 0 Å². The van der Waals surface area contributed by atoms with Crippen LogP contribution in [0.1, 0.15) is 0 Å². The van der Waals surface area contributed by atoms with E-state index in [1.165, 1.54) is 60.7 Å². The maximum Gasteiger partial charge on any atom is 0.207 e. The molecule has 134 valence electrons. The Morgan fingerprint density at radius 1 is 0.538 bits per heavy atom. The van der Waals surface area contributed by atoms with Gasteiger partial charge in [0.1, 0.15) is 0 Å². The molecule has 0 amide bonds. The number of hydrogen-bond acceptors (Lipinski definition) is 6. The van der Waals surface area contributed by atoms with Crippen molar-refractivity contribution in [1.29, 1.82) is 0 Å². The maximum absolute atomic E-state index is 13.0. The number of anilines is 2. The average Bonchev–Trinajstić information content (AvgIpc) is 2.62. The van der Waals surface area contributed by atoms with E-state index in [0.717, 1.165) is 0 Å². The molecule has 3 aromatic carbocycles. The minimum absolute atomic E-state index is 0.0762. The zero-order valence-corrected chi connectivity index (χ0v) is 15.2. The first-order chi connectivity index (χ1) is 12.2. The number of rotatable bonds is 4. The lowest BCUT2D eigenvalue weighted by atomic mass is 10.3. The lowest BCUT2D eigenvalue weighted by Gasteiger charge is -2.12. The molecule has 6 nitrogen and oxygen atoms in total. The topological polar surface area (TPSA) is 120 Å². The van der Waals surface area contributed by atoms with Gasteiger partial charge in [-0.1, -0.05) is 24.3 Å². The van der Waals surface area contributed by atoms with Crippen molar-refractivity contribution in [2.24, 2.45) is 0 Å². The van der Waals surface area contributed by atoms with Gasteiger partial charge in [-0.05, 0) is 48.5 Å². The Balaban J connectivity index is 2.24. The van der Waals surface area contributed by atoms with Gasteiger partial charge in [0, 0.05) is 11.4 Å². The first kappa shape index (κ1) is 18.0. The quantitative estimate of drug-likeness (QED) is 0.663. The van der Waals surface area contributed by atoms with E-state index in [4.69, 9.17) is 11.5 Å². The molecule has 0 aromatic heterocycles. The van der Waals surface area contributed by atoms with Crippen LogP contribution in [0.3, 0.4) is 0 Å². The van der Waals surface area contributed by atoms with Crippen molar-refractivity contribution < 1.29 is 16.8 Å². The summed E-state index contributed by atoms with van der Waals surface area (Å²) in [5.41, 5.74) is 11.9. The van der Waals surface area contributed by atoms with E-state index in [1.54, 1.807) is 12.1 Å². The smallest absolute Gasteiger partial charge is 0.207 e. The summed E-state index contributed by atoms with van der Waals surface area (Å²) in [5.74, 6) is 0. The fourth-order valence-corrected chi connectivity index (χ4v) is 5.96. The van der Waals surface area contributed by atoms with Crippen LogP contribution in [0.25, 0.3) is 0 Å². The highest BCUT2D eigenvalue weighted by atomic mass is 32.2. The van der Waals surface area contributed by atoms with Crippen LogP contribution in [0.15, 0.2) is 92.4 Å². The molecule has 0 saturated heterocycles. The fourth-order valence-electron chi connectivity index (χ4n) is 2.51. The Kier molecular flexibility index (Phi) is 4.47. The molecule has 0 unspecified atom stereocenters. The Morgan fingerprint density at radius 2 is 0.923 bits per heavy atom. The van der Waals surface area contributed by atoms with Crippen LogP contribution in [0.2, 0.25) is 0 Å². The summed E-state index contributed by atoms with van der Waals surface area (Å²) in [6.07, 6.45) is 0. The van der Waals surface area contributed by atoms with E-state index in [0.29, 0.717) is 0 Å². The number of sulfone groups is 2. The molecule has 0 heterocycles. The zero-order valence-electron chi connectivity index (χ0n) is 13.5. The monoisotopic (exact) mass is 388 g/mol. The third kappa shape index (κ3) is 3.16. The molecule has 0 spiro atoms. The molecular formula is C18H16N2O4S2. The molecule has 0 atom stereocenters. The molecule has 0 fully saturated rings. The number of benzene rings is 3. The number of hydrogen-bond donors (Lipinski definition) is 2. The standard InChI is InChI=1S/C18H16N2O4S2/c19-13-5-3-7-15(11-13)25(21,22)17-9-1-2-10-18(17)26(23,24)16-8-4-6-14(20)12-16/h1-12H,19-20H2. The molecule has 0 bridgehead atoms. The average molecular weight is 388 g/mol. The second-order valence-corrected chi connectivity index (χ2v) is 9.43. The van der Waals surface area contributed by atoms with Gasteiger partial charge in [0.2, 0.25) is 19.7 Å². The van der Waals surface area contributed by atoms with E-state index in [1.807, 2.05) is 0 Å². The lowest BCUT2D eigenvalue weighted by Crippen LogP contribution is -2.11. The molecule has 3 rings (SSSR count). The highest BCUT2D eigenvalue weighted by Gasteiger charge is 2.29. The van der Waals surface area contributed by atoms with E-state index in [2.05, 4.69) is 0 Å². The highest BCUT2D eigenvalue weighted by molar-refractivity contribution is 7.94. The van der Waals surface area contributed by atoms with Crippen LogP contribution in [0, 0.1) is 0 Å². The van der Waals surface area contributed by atoms with Gasteiger partial charge < -0.3 is 11.5 Å². The van der Waals surface area contributed by atoms with Gasteiger partial charge in [-0.15, -0.1) is 0 Å². The van der Waals surface area contributed by atoms with Crippen molar-refractivity contribution >= 4 is 31.0 Å². The molecule has 8 heteroatoms. The normalized spacial score (nSPS) is 12.0. The molecule has 3 aromatic rings. The summed E-state index contributed by atoms with van der Waals surface area (Å²) >= 11 is 0. The largest absolute Gasteiger partial charge is 0.399 e. The summed E-state index contributed by atoms with van der Waals surface area (Å²) in [6.45, 7) is 0. The van der Waals surface area contributed by atoms with Crippen LogP contribution >= 0.6 is 0 Å². The van der Waals surface area contributed by atoms with Crippen molar-refractivity contribution in [3.05, 3.63) is 72.8 Å². The summed E-state index contributed by atoms with van der Waals surface area (Å²) in [5, 5.41) is 0. The minimum Gasteiger partial charge on any atom is -0.399 e. The maximum atomic E-state index is 13.0. The van der Waals surface area contributed by atoms with E-state index >= 15 is 0 Å². The molecule has 4 N–H and O–H groups in total. The molecule has 0 aliphatic heterocycles. The number of nitrogens with two attached hydrogens (primary N) is 2. The SMILES string of the molecule is Nc1cccc(S(=O)(=O)c2ccccc2S(=O)(=O)c2cccc(N)c2)c1. The van der Waals surface area contributed by atoms with E-state index in [-0.39, 0.29) is 31.0 Å². The third-order valence-electron chi connectivity index (χ3n) is 3.76. The second-order valence-electron chi connectivity index (χ2n) is 5.60. The lowest BCUT2D eigenvalue weighted by molar-refractivity contribution is 0.582. The van der Waals surface area contributed by atoms with Crippen molar-refractivity contribution in [3.8, 4) is 0 Å². The first-order valence-corrected chi connectivity index (χ1v) is 10.5. The van der Waals surface area contributed by atoms with Crippen LogP contribution in [0.5, 0.6) is 0 Å². The second kappa shape index (κ2) is 6.47. The predicted octanol–water partition coefficient (Wildman–Crippen LogP) is 2.52. The van der Waals surface area contributed by atoms with Gasteiger partial charge in [-0.25, -0.2) is 16.8 Å². The molecule has 0 aliphatic rings. The predicted molar refractivity (Wildman–Crippen MR) is 99.1 cm³/mol. The van der Waals surface area contributed by atoms with Gasteiger partial charge in [-0.3, -0.25) is 0 Å². The van der Waals surface area contributed by atoms with Crippen LogP contribution in [-0.4, -0.2) is 16.8 Å². The van der Waals surface area contributed by atoms with Crippen LogP contribution in [0.4, 0.5) is 11.4 Å². The van der Waals surface area contributed by atoms with Crippen molar-refractivity contribution in [2.75, 3.05) is 11.5 Å². The minimum atomic E-state index is -4.08. The zero-order chi connectivity index (χ0) is 18.9. The molecule has 0 radical (unpaired) electrons. The number of nitrogen functional groups attached to an aromatic ring is 2. The highest BCUT2D eigenvalue weighted by Crippen LogP contribution is 2.31. The molecular weight excluding hydrogens is 372 g/mol. The van der Waals surface area contributed by atoms with Gasteiger partial charge >= 0.3 is 0 Å². The molecule has 26 heavy (non-hydrogen) atoms. The summed E-state index contributed by atoms with van der Waals surface area (Å²) < 4.78 is 52.0. The van der Waals surface area contributed by atoms with Crippen LogP contribution < -0.4 is 11.5 Å². The van der Waals surface area contributed by atoms with Gasteiger partial charge in [0.25, 0.3) is 0 Å². The summed E-state index contributed by atoms with van der Waals surface area (Å²) in [7, 11) is -8.17. The van der Waals surface area contributed by atoms with Gasteiger partial charge in [0.15, 0.2) is 0 Å². The van der Waals surface area contributed by atoms with Gasteiger partial charge in [0.05, 0.1) is 19.6 Å². The Hall–Kier alpha value is -2.84. The third-order valence-corrected chi connectivity index (χ3v) is 7.51. The Morgan fingerprint density at radius 3 is 1.27 bits per heavy atom. The van der Waals surface area contributed by atoms with Crippen LogP contribution in [-0.2, 0) is 19.7 Å². The summed E-state index contributed by atoms with van der Waals surface area (Å²) in [6, 6.07) is 16.9. The Labute approximate surface area is 151 Å². The summed E-state index contributed by atoms with van der Waals surface area (Å²) in [4.78, 5) is -0.776. The molecule has 0 aliphatic carbocycles. The van der Waals surface area contributed by atoms with Crippen molar-refractivity contribution in [2.45, 2.75) is 19.6 Å². The van der Waals surface area contributed by atoms with E-state index in [9.17, 15) is 16.8 Å². The Bertz CT molecular complexity index is 1090. The fraction of sp³-hybridized carbons (Fsp3) is 0.